The fourth-order valence-corrected chi connectivity index (χ4v) is 2.53. The number of rotatable bonds is 4. The molecule has 1 aliphatic rings. The molecule has 0 bridgehead atoms. The minimum atomic E-state index is 0.700. The Morgan fingerprint density at radius 3 is 2.53 bits per heavy atom. The van der Waals surface area contributed by atoms with Crippen LogP contribution in [0.4, 0.5) is 0 Å². The Kier molecular flexibility index (Phi) is 5.07. The van der Waals surface area contributed by atoms with Crippen LogP contribution in [0.1, 0.15) is 47.0 Å². The van der Waals surface area contributed by atoms with E-state index in [-0.39, 0.29) is 0 Å². The SMILES string of the molecule is CCC(NC1CCN(C)C(C)C1)C(C)C. The lowest BCUT2D eigenvalue weighted by Gasteiger charge is -2.38. The molecule has 2 heteroatoms. The zero-order chi connectivity index (χ0) is 11.4. The Morgan fingerprint density at radius 2 is 2.07 bits per heavy atom. The standard InChI is InChI=1S/C13H28N2/c1-6-13(10(2)3)14-12-7-8-15(5)11(4)9-12/h10-14H,6-9H2,1-5H3. The van der Waals surface area contributed by atoms with Gasteiger partial charge < -0.3 is 10.2 Å². The Balaban J connectivity index is 2.38. The minimum absolute atomic E-state index is 0.700. The highest BCUT2D eigenvalue weighted by molar-refractivity contribution is 4.84. The first-order valence-electron chi connectivity index (χ1n) is 6.50. The molecule has 0 radical (unpaired) electrons. The highest BCUT2D eigenvalue weighted by Gasteiger charge is 2.24. The van der Waals surface area contributed by atoms with Crippen molar-refractivity contribution in [2.24, 2.45) is 5.92 Å². The van der Waals surface area contributed by atoms with E-state index in [9.17, 15) is 0 Å². The normalized spacial score (nSPS) is 30.8. The summed E-state index contributed by atoms with van der Waals surface area (Å²) >= 11 is 0. The number of nitrogens with zero attached hydrogens (tertiary/aromatic N) is 1. The molecular formula is C13H28N2. The predicted molar refractivity (Wildman–Crippen MR) is 67.2 cm³/mol. The maximum absolute atomic E-state index is 3.83. The summed E-state index contributed by atoms with van der Waals surface area (Å²) in [4.78, 5) is 2.47. The smallest absolute Gasteiger partial charge is 0.00967 e. The third kappa shape index (κ3) is 3.76. The van der Waals surface area contributed by atoms with Crippen LogP contribution in [0, 0.1) is 5.92 Å². The number of nitrogens with one attached hydrogen (secondary N) is 1. The number of likely N-dealkylation sites (tertiary alicyclic amines) is 1. The van der Waals surface area contributed by atoms with Crippen molar-refractivity contribution in [2.45, 2.75) is 65.1 Å². The summed E-state index contributed by atoms with van der Waals surface area (Å²) in [5.74, 6) is 0.755. The zero-order valence-electron chi connectivity index (χ0n) is 11.1. The Morgan fingerprint density at radius 1 is 1.40 bits per heavy atom. The van der Waals surface area contributed by atoms with E-state index in [4.69, 9.17) is 0 Å². The Labute approximate surface area is 95.4 Å². The largest absolute Gasteiger partial charge is 0.311 e. The fourth-order valence-electron chi connectivity index (χ4n) is 2.53. The summed E-state index contributed by atoms with van der Waals surface area (Å²) < 4.78 is 0. The predicted octanol–water partition coefficient (Wildman–Crippen LogP) is 2.49. The molecule has 0 saturated carbocycles. The van der Waals surface area contributed by atoms with E-state index in [2.05, 4.69) is 45.0 Å². The summed E-state index contributed by atoms with van der Waals surface area (Å²) in [5, 5.41) is 3.83. The van der Waals surface area contributed by atoms with Gasteiger partial charge in [0.2, 0.25) is 0 Å². The van der Waals surface area contributed by atoms with Gasteiger partial charge in [0.25, 0.3) is 0 Å². The molecule has 15 heavy (non-hydrogen) atoms. The van der Waals surface area contributed by atoms with Crippen LogP contribution >= 0.6 is 0 Å². The van der Waals surface area contributed by atoms with Gasteiger partial charge in [0, 0.05) is 18.1 Å². The summed E-state index contributed by atoms with van der Waals surface area (Å²) in [6, 6.07) is 2.18. The maximum atomic E-state index is 3.83. The lowest BCUT2D eigenvalue weighted by molar-refractivity contribution is 0.156. The van der Waals surface area contributed by atoms with Crippen molar-refractivity contribution >= 4 is 0 Å². The number of hydrogen-bond donors (Lipinski definition) is 1. The van der Waals surface area contributed by atoms with Crippen LogP contribution in [0.2, 0.25) is 0 Å². The summed E-state index contributed by atoms with van der Waals surface area (Å²) in [5.41, 5.74) is 0. The highest BCUT2D eigenvalue weighted by Crippen LogP contribution is 2.17. The van der Waals surface area contributed by atoms with Crippen molar-refractivity contribution in [3.63, 3.8) is 0 Å². The average molecular weight is 212 g/mol. The second kappa shape index (κ2) is 5.86. The third-order valence-electron chi connectivity index (χ3n) is 3.90. The fraction of sp³-hybridized carbons (Fsp3) is 1.00. The lowest BCUT2D eigenvalue weighted by atomic mass is 9.95. The van der Waals surface area contributed by atoms with E-state index in [0.717, 1.165) is 18.0 Å². The molecule has 0 aromatic carbocycles. The highest BCUT2D eigenvalue weighted by atomic mass is 15.1. The first-order valence-corrected chi connectivity index (χ1v) is 6.50. The van der Waals surface area contributed by atoms with E-state index < -0.39 is 0 Å². The van der Waals surface area contributed by atoms with E-state index in [1.54, 1.807) is 0 Å². The second-order valence-electron chi connectivity index (χ2n) is 5.48. The van der Waals surface area contributed by atoms with Gasteiger partial charge in [-0.15, -0.1) is 0 Å². The monoisotopic (exact) mass is 212 g/mol. The molecule has 90 valence electrons. The minimum Gasteiger partial charge on any atom is -0.311 e. The van der Waals surface area contributed by atoms with Crippen LogP contribution in [0.5, 0.6) is 0 Å². The summed E-state index contributed by atoms with van der Waals surface area (Å²) in [7, 11) is 2.24. The van der Waals surface area contributed by atoms with Crippen molar-refractivity contribution in [1.82, 2.24) is 10.2 Å². The van der Waals surface area contributed by atoms with Crippen molar-refractivity contribution in [3.05, 3.63) is 0 Å². The molecule has 1 rings (SSSR count). The summed E-state index contributed by atoms with van der Waals surface area (Å²) in [6.45, 7) is 10.5. The van der Waals surface area contributed by atoms with Gasteiger partial charge >= 0.3 is 0 Å². The maximum Gasteiger partial charge on any atom is 0.00967 e. The van der Waals surface area contributed by atoms with E-state index in [1.165, 1.54) is 25.8 Å². The molecule has 1 heterocycles. The van der Waals surface area contributed by atoms with Crippen LogP contribution < -0.4 is 5.32 Å². The molecule has 0 spiro atoms. The molecule has 0 amide bonds. The number of hydrogen-bond acceptors (Lipinski definition) is 2. The molecule has 1 saturated heterocycles. The first-order chi connectivity index (χ1) is 7.04. The van der Waals surface area contributed by atoms with Crippen LogP contribution in [0.15, 0.2) is 0 Å². The molecule has 0 aromatic rings. The van der Waals surface area contributed by atoms with Crippen LogP contribution in [0.3, 0.4) is 0 Å². The molecule has 3 atom stereocenters. The lowest BCUT2D eigenvalue weighted by Crippen LogP contribution is -2.49. The molecule has 2 nitrogen and oxygen atoms in total. The quantitative estimate of drug-likeness (QED) is 0.770. The van der Waals surface area contributed by atoms with E-state index >= 15 is 0 Å². The van der Waals surface area contributed by atoms with Crippen molar-refractivity contribution < 1.29 is 0 Å². The molecular weight excluding hydrogens is 184 g/mol. The van der Waals surface area contributed by atoms with Crippen molar-refractivity contribution in [1.29, 1.82) is 0 Å². The number of piperidine rings is 1. The molecule has 0 aliphatic carbocycles. The molecule has 1 N–H and O–H groups in total. The second-order valence-corrected chi connectivity index (χ2v) is 5.48. The topological polar surface area (TPSA) is 15.3 Å². The molecule has 0 aromatic heterocycles. The molecule has 1 fully saturated rings. The Hall–Kier alpha value is -0.0800. The van der Waals surface area contributed by atoms with Crippen LogP contribution in [-0.2, 0) is 0 Å². The first kappa shape index (κ1) is 13.0. The van der Waals surface area contributed by atoms with E-state index in [1.807, 2.05) is 0 Å². The van der Waals surface area contributed by atoms with Gasteiger partial charge in [0.1, 0.15) is 0 Å². The van der Waals surface area contributed by atoms with Crippen LogP contribution in [0.25, 0.3) is 0 Å². The molecule has 3 unspecified atom stereocenters. The van der Waals surface area contributed by atoms with Gasteiger partial charge in [-0.1, -0.05) is 20.8 Å². The van der Waals surface area contributed by atoms with Gasteiger partial charge in [-0.05, 0) is 45.7 Å². The van der Waals surface area contributed by atoms with Gasteiger partial charge in [0.15, 0.2) is 0 Å². The average Bonchev–Trinajstić information content (AvgIpc) is 2.19. The van der Waals surface area contributed by atoms with Crippen LogP contribution in [-0.4, -0.2) is 36.6 Å². The van der Waals surface area contributed by atoms with Crippen molar-refractivity contribution in [2.75, 3.05) is 13.6 Å². The third-order valence-corrected chi connectivity index (χ3v) is 3.90. The van der Waals surface area contributed by atoms with Gasteiger partial charge in [-0.3, -0.25) is 0 Å². The van der Waals surface area contributed by atoms with Gasteiger partial charge in [-0.2, -0.15) is 0 Å². The zero-order valence-corrected chi connectivity index (χ0v) is 11.1. The molecule has 1 aliphatic heterocycles. The Bertz CT molecular complexity index is 179. The van der Waals surface area contributed by atoms with E-state index in [0.29, 0.717) is 6.04 Å². The van der Waals surface area contributed by atoms with Gasteiger partial charge in [-0.25, -0.2) is 0 Å². The van der Waals surface area contributed by atoms with Crippen molar-refractivity contribution in [3.8, 4) is 0 Å². The summed E-state index contributed by atoms with van der Waals surface area (Å²) in [6.07, 6.45) is 3.86. The van der Waals surface area contributed by atoms with Gasteiger partial charge in [0.05, 0.1) is 0 Å².